The van der Waals surface area contributed by atoms with Crippen molar-refractivity contribution in [2.24, 2.45) is 4.99 Å². The number of nitrogens with one attached hydrogen (secondary N) is 1. The predicted molar refractivity (Wildman–Crippen MR) is 210 cm³/mol. The number of para-hydroxylation sites is 1. The molecular formula is C37H58FN7O7Si2. The molecule has 2 aromatic heterocycles. The third-order valence-electron chi connectivity index (χ3n) is 11.2. The maximum atomic E-state index is 14.9. The zero-order valence-electron chi connectivity index (χ0n) is 33.5. The molecule has 1 N–H and O–H groups in total. The van der Waals surface area contributed by atoms with Crippen molar-refractivity contribution in [3.63, 3.8) is 0 Å². The summed E-state index contributed by atoms with van der Waals surface area (Å²) < 4.78 is 59.2. The lowest BCUT2D eigenvalue weighted by Gasteiger charge is -2.52. The van der Waals surface area contributed by atoms with Crippen molar-refractivity contribution >= 4 is 46.3 Å². The van der Waals surface area contributed by atoms with E-state index in [0.717, 1.165) is 0 Å². The van der Waals surface area contributed by atoms with Gasteiger partial charge in [0, 0.05) is 47.1 Å². The lowest BCUT2D eigenvalue weighted by Crippen LogP contribution is -2.66. The number of aliphatic imine (C=N–C) groups is 1. The van der Waals surface area contributed by atoms with Crippen molar-refractivity contribution in [2.75, 3.05) is 45.8 Å². The molecule has 0 radical (unpaired) electrons. The van der Waals surface area contributed by atoms with Crippen LogP contribution in [0.3, 0.4) is 0 Å². The van der Waals surface area contributed by atoms with Crippen molar-refractivity contribution in [1.29, 1.82) is 0 Å². The number of H-pyrrole nitrogens is 1. The smallest absolute Gasteiger partial charge is 0.335 e. The van der Waals surface area contributed by atoms with Gasteiger partial charge in [-0.25, -0.2) is 14.4 Å². The summed E-state index contributed by atoms with van der Waals surface area (Å²) in [7, 11) is -0.687. The molecule has 1 aromatic carbocycles. The Morgan fingerprint density at radius 3 is 2.28 bits per heavy atom. The first-order chi connectivity index (χ1) is 25.6. The first-order valence-corrected chi connectivity index (χ1v) is 23.1. The third kappa shape index (κ3) is 7.45. The monoisotopic (exact) mass is 787 g/mol. The third-order valence-corrected chi connectivity index (χ3v) is 21.4. The quantitative estimate of drug-likeness (QED) is 0.101. The number of rotatable bonds is 11. The van der Waals surface area contributed by atoms with Crippen molar-refractivity contribution in [1.82, 2.24) is 24.4 Å². The molecule has 298 valence electrons. The zero-order chi connectivity index (χ0) is 39.2. The SMILES string of the molecule is COC1(O[C@@H]2[C@@H]3O[Si](C(C)C)(C(C)C)O[Si](C(C)C)(C(C)C)OC[C@H]3O[C@H]2n2cnc3c(=O)[nH]c(/N=C/N(C)C)nc32)CCN(c2ccccc2F)CC1. The second-order valence-corrected chi connectivity index (χ2v) is 25.0. The van der Waals surface area contributed by atoms with Gasteiger partial charge in [0.05, 0.1) is 25.0 Å². The Balaban J connectivity index is 1.46. The summed E-state index contributed by atoms with van der Waals surface area (Å²) in [6.07, 6.45) is 1.20. The number of aromatic nitrogens is 4. The molecule has 14 nitrogen and oxygen atoms in total. The average Bonchev–Trinajstić information content (AvgIpc) is 3.68. The van der Waals surface area contributed by atoms with Crippen LogP contribution in [-0.4, -0.2) is 113 Å². The first kappa shape index (κ1) is 40.6. The van der Waals surface area contributed by atoms with Crippen LogP contribution in [-0.2, 0) is 27.2 Å². The summed E-state index contributed by atoms with van der Waals surface area (Å²) in [5.74, 6) is -1.21. The Morgan fingerprint density at radius 1 is 1.04 bits per heavy atom. The van der Waals surface area contributed by atoms with Gasteiger partial charge in [-0.15, -0.1) is 0 Å². The number of fused-ring (bicyclic) bond motifs is 2. The Labute approximate surface area is 319 Å². The van der Waals surface area contributed by atoms with Crippen molar-refractivity contribution in [3.05, 3.63) is 46.8 Å². The highest BCUT2D eigenvalue weighted by molar-refractivity contribution is 6.84. The molecule has 3 aromatic rings. The van der Waals surface area contributed by atoms with E-state index in [2.05, 4.69) is 70.4 Å². The number of nitrogens with zero attached hydrogens (tertiary/aromatic N) is 6. The fraction of sp³-hybridized carbons (Fsp3) is 0.676. The number of aromatic amines is 1. The van der Waals surface area contributed by atoms with E-state index >= 15 is 0 Å². The van der Waals surface area contributed by atoms with Crippen LogP contribution >= 0.6 is 0 Å². The van der Waals surface area contributed by atoms with Crippen LogP contribution < -0.4 is 10.5 Å². The Hall–Kier alpha value is -3.04. The van der Waals surface area contributed by atoms with E-state index < -0.39 is 53.0 Å². The molecule has 0 unspecified atom stereocenters. The van der Waals surface area contributed by atoms with Crippen LogP contribution in [0.25, 0.3) is 11.2 Å². The molecule has 3 fully saturated rings. The molecule has 3 aliphatic rings. The second kappa shape index (κ2) is 15.8. The molecule has 6 rings (SSSR count). The van der Waals surface area contributed by atoms with Gasteiger partial charge in [0.15, 0.2) is 23.2 Å². The number of piperidine rings is 1. The molecule has 4 atom stereocenters. The van der Waals surface area contributed by atoms with Gasteiger partial charge in [0.25, 0.3) is 5.56 Å². The molecule has 0 bridgehead atoms. The van der Waals surface area contributed by atoms with Gasteiger partial charge < -0.3 is 37.0 Å². The summed E-state index contributed by atoms with van der Waals surface area (Å²) in [6, 6.07) is 6.80. The highest BCUT2D eigenvalue weighted by Crippen LogP contribution is 2.50. The lowest BCUT2D eigenvalue weighted by atomic mass is 10.0. The van der Waals surface area contributed by atoms with Gasteiger partial charge >= 0.3 is 17.1 Å². The Kier molecular flexibility index (Phi) is 11.9. The lowest BCUT2D eigenvalue weighted by molar-refractivity contribution is -0.275. The van der Waals surface area contributed by atoms with Crippen molar-refractivity contribution in [3.8, 4) is 0 Å². The second-order valence-electron chi connectivity index (χ2n) is 16.2. The van der Waals surface area contributed by atoms with Crippen molar-refractivity contribution in [2.45, 2.75) is 121 Å². The van der Waals surface area contributed by atoms with Gasteiger partial charge in [-0.3, -0.25) is 14.3 Å². The molecule has 5 heterocycles. The number of ether oxygens (including phenoxy) is 3. The molecule has 3 aliphatic heterocycles. The van der Waals surface area contributed by atoms with E-state index in [1.807, 2.05) is 25.1 Å². The van der Waals surface area contributed by atoms with Gasteiger partial charge in [-0.1, -0.05) is 67.5 Å². The Morgan fingerprint density at radius 2 is 1.69 bits per heavy atom. The fourth-order valence-corrected chi connectivity index (χ4v) is 19.4. The summed E-state index contributed by atoms with van der Waals surface area (Å²) >= 11 is 0. The highest BCUT2D eigenvalue weighted by Gasteiger charge is 2.63. The molecule has 0 amide bonds. The summed E-state index contributed by atoms with van der Waals surface area (Å²) in [4.78, 5) is 33.3. The number of hydrogen-bond acceptors (Lipinski definition) is 11. The van der Waals surface area contributed by atoms with E-state index in [0.29, 0.717) is 37.3 Å². The standard InChI is InChI=1S/C37H58FN7O7Si2/c1-23(2)53(24(3)4)48-20-29-31(51-54(52-53,25(5)6)26(7)8)32(50-37(47-11)16-18-44(19-17-37)28-15-13-12-14-27(28)38)35(49-29)45-22-39-30-33(45)41-36(42-34(30)46)40-21-43(9)10/h12-15,21-26,29,31-32,35H,16-20H2,1-11H3,(H,41,42,46)/b40-21+/t29-,31-,32-,35-/m1/s1. The van der Waals surface area contributed by atoms with E-state index in [-0.39, 0.29) is 46.1 Å². The number of methoxy groups -OCH3 is 1. The zero-order valence-corrected chi connectivity index (χ0v) is 35.5. The van der Waals surface area contributed by atoms with E-state index in [1.165, 1.54) is 6.07 Å². The predicted octanol–water partition coefficient (Wildman–Crippen LogP) is 6.36. The van der Waals surface area contributed by atoms with Crippen LogP contribution in [0, 0.1) is 5.82 Å². The number of hydrogen-bond donors (Lipinski definition) is 1. The van der Waals surface area contributed by atoms with Gasteiger partial charge in [-0.05, 0) is 34.3 Å². The van der Waals surface area contributed by atoms with Crippen LogP contribution in [0.5, 0.6) is 0 Å². The maximum Gasteiger partial charge on any atom is 0.335 e. The van der Waals surface area contributed by atoms with Crippen molar-refractivity contribution < 1.29 is 31.6 Å². The van der Waals surface area contributed by atoms with Gasteiger partial charge in [0.2, 0.25) is 5.95 Å². The number of halogens is 1. The molecule has 0 aliphatic carbocycles. The van der Waals surface area contributed by atoms with E-state index in [9.17, 15) is 9.18 Å². The van der Waals surface area contributed by atoms with Gasteiger partial charge in [-0.2, -0.15) is 4.98 Å². The first-order valence-electron chi connectivity index (χ1n) is 19.1. The Bertz CT molecular complexity index is 1830. The highest BCUT2D eigenvalue weighted by atomic mass is 28.5. The topological polar surface area (TPSA) is 138 Å². The van der Waals surface area contributed by atoms with E-state index in [4.69, 9.17) is 32.2 Å². The molecule has 54 heavy (non-hydrogen) atoms. The molecule has 17 heteroatoms. The molecular weight excluding hydrogens is 730 g/mol. The minimum Gasteiger partial charge on any atom is -0.414 e. The maximum absolute atomic E-state index is 14.9. The van der Waals surface area contributed by atoms with Crippen LogP contribution in [0.4, 0.5) is 16.0 Å². The van der Waals surface area contributed by atoms with Gasteiger partial charge in [0.1, 0.15) is 24.1 Å². The van der Waals surface area contributed by atoms with Crippen LogP contribution in [0.15, 0.2) is 40.4 Å². The number of benzene rings is 1. The van der Waals surface area contributed by atoms with E-state index in [1.54, 1.807) is 41.4 Å². The largest absolute Gasteiger partial charge is 0.414 e. The summed E-state index contributed by atoms with van der Waals surface area (Å²) in [5.41, 5.74) is 0.984. The number of anilines is 1. The minimum atomic E-state index is -3.11. The molecule has 0 spiro atoms. The van der Waals surface area contributed by atoms with Crippen LogP contribution in [0.2, 0.25) is 22.2 Å². The molecule has 3 saturated heterocycles. The van der Waals surface area contributed by atoms with Crippen LogP contribution in [0.1, 0.15) is 74.5 Å². The fourth-order valence-electron chi connectivity index (χ4n) is 8.22. The normalized spacial score (nSPS) is 25.6. The number of imidazole rings is 1. The average molecular weight is 788 g/mol. The minimum absolute atomic E-state index is 0.0655. The summed E-state index contributed by atoms with van der Waals surface area (Å²) in [6.45, 7) is 18.7. The summed E-state index contributed by atoms with van der Waals surface area (Å²) in [5, 5.41) is 0. The molecule has 0 saturated carbocycles.